The Labute approximate surface area is 144 Å². The molecule has 0 bridgehead atoms. The van der Waals surface area contributed by atoms with E-state index in [2.05, 4.69) is 32.1 Å². The van der Waals surface area contributed by atoms with Crippen LogP contribution in [0.5, 0.6) is 5.75 Å². The lowest BCUT2D eigenvalue weighted by Gasteiger charge is -2.21. The molecule has 2 aromatic carbocycles. The molecule has 0 amide bonds. The summed E-state index contributed by atoms with van der Waals surface area (Å²) in [5, 5.41) is 0. The largest absolute Gasteiger partial charge is 0.423 e. The number of rotatable bonds is 2. The van der Waals surface area contributed by atoms with Gasteiger partial charge in [-0.05, 0) is 73.9 Å². The number of aryl methyl sites for hydroxylation is 1. The van der Waals surface area contributed by atoms with Gasteiger partial charge >= 0.3 is 5.97 Å². The van der Waals surface area contributed by atoms with E-state index >= 15 is 0 Å². The molecule has 1 atom stereocenters. The summed E-state index contributed by atoms with van der Waals surface area (Å²) in [5.41, 5.74) is 5.67. The lowest BCUT2D eigenvalue weighted by Crippen LogP contribution is -2.11. The van der Waals surface area contributed by atoms with Crippen LogP contribution in [0.3, 0.4) is 0 Å². The minimum Gasteiger partial charge on any atom is -0.423 e. The number of hydrogen-bond acceptors (Lipinski definition) is 2. The Hall–Kier alpha value is -2.35. The maximum atomic E-state index is 12.4. The second kappa shape index (κ2) is 7.04. The molecule has 0 N–H and O–H groups in total. The van der Waals surface area contributed by atoms with Crippen molar-refractivity contribution in [1.82, 2.24) is 0 Å². The van der Waals surface area contributed by atoms with Crippen LogP contribution in [0.25, 0.3) is 0 Å². The highest BCUT2D eigenvalue weighted by Gasteiger charge is 2.18. The molecular weight excluding hydrogens is 296 g/mol. The van der Waals surface area contributed by atoms with Gasteiger partial charge in [0, 0.05) is 0 Å². The molecular formula is C22H24O2. The van der Waals surface area contributed by atoms with Gasteiger partial charge < -0.3 is 4.74 Å². The molecule has 2 heteroatoms. The van der Waals surface area contributed by atoms with Gasteiger partial charge in [0.15, 0.2) is 0 Å². The average molecular weight is 320 g/mol. The Morgan fingerprint density at radius 1 is 1.12 bits per heavy atom. The van der Waals surface area contributed by atoms with E-state index in [0.29, 0.717) is 17.2 Å². The number of carbonyl (C=O) groups excluding carboxylic acids is 1. The van der Waals surface area contributed by atoms with E-state index in [4.69, 9.17) is 4.74 Å². The van der Waals surface area contributed by atoms with E-state index < -0.39 is 0 Å². The van der Waals surface area contributed by atoms with E-state index in [1.54, 1.807) is 12.1 Å². The second-order valence-corrected chi connectivity index (χ2v) is 6.78. The molecule has 2 nitrogen and oxygen atoms in total. The normalized spacial score (nSPS) is 17.3. The molecule has 0 aromatic heterocycles. The van der Waals surface area contributed by atoms with Crippen LogP contribution in [0.4, 0.5) is 0 Å². The van der Waals surface area contributed by atoms with Crippen LogP contribution >= 0.6 is 0 Å². The van der Waals surface area contributed by atoms with Crippen LogP contribution in [-0.4, -0.2) is 5.97 Å². The number of ether oxygens (including phenoxy) is 1. The summed E-state index contributed by atoms with van der Waals surface area (Å²) in [6.45, 7) is 6.46. The Kier molecular flexibility index (Phi) is 4.84. The van der Waals surface area contributed by atoms with E-state index in [0.717, 1.165) is 24.8 Å². The highest BCUT2D eigenvalue weighted by atomic mass is 16.5. The van der Waals surface area contributed by atoms with Crippen LogP contribution in [0.2, 0.25) is 0 Å². The van der Waals surface area contributed by atoms with Crippen molar-refractivity contribution >= 4 is 5.97 Å². The molecule has 0 saturated heterocycles. The van der Waals surface area contributed by atoms with E-state index in [1.165, 1.54) is 16.7 Å². The van der Waals surface area contributed by atoms with Crippen molar-refractivity contribution in [2.24, 2.45) is 0 Å². The number of esters is 1. The summed E-state index contributed by atoms with van der Waals surface area (Å²) in [4.78, 5) is 12.4. The fourth-order valence-corrected chi connectivity index (χ4v) is 3.33. The van der Waals surface area contributed by atoms with Crippen LogP contribution in [0.1, 0.15) is 59.7 Å². The Morgan fingerprint density at radius 3 is 2.62 bits per heavy atom. The lowest BCUT2D eigenvalue weighted by molar-refractivity contribution is 0.0733. The molecule has 0 saturated carbocycles. The van der Waals surface area contributed by atoms with Gasteiger partial charge in [0.25, 0.3) is 0 Å². The van der Waals surface area contributed by atoms with Crippen molar-refractivity contribution in [2.45, 2.75) is 46.0 Å². The van der Waals surface area contributed by atoms with Gasteiger partial charge in [0.05, 0.1) is 5.56 Å². The molecule has 0 fully saturated rings. The van der Waals surface area contributed by atoms with Crippen molar-refractivity contribution in [1.29, 1.82) is 0 Å². The Morgan fingerprint density at radius 2 is 1.88 bits per heavy atom. The lowest BCUT2D eigenvalue weighted by atomic mass is 9.85. The molecule has 2 aromatic rings. The van der Waals surface area contributed by atoms with Crippen molar-refractivity contribution in [2.75, 3.05) is 0 Å². The molecule has 1 aliphatic carbocycles. The van der Waals surface area contributed by atoms with Gasteiger partial charge in [-0.15, -0.1) is 0 Å². The number of fused-ring (bicyclic) bond motifs is 1. The van der Waals surface area contributed by atoms with Gasteiger partial charge in [0.2, 0.25) is 0 Å². The fourth-order valence-electron chi connectivity index (χ4n) is 3.33. The minimum absolute atomic E-state index is 0.298. The maximum Gasteiger partial charge on any atom is 0.343 e. The molecule has 24 heavy (non-hydrogen) atoms. The fraction of sp³-hybridized carbons (Fsp3) is 0.318. The van der Waals surface area contributed by atoms with Crippen molar-refractivity contribution < 1.29 is 9.53 Å². The summed E-state index contributed by atoms with van der Waals surface area (Å²) in [7, 11) is 0. The van der Waals surface area contributed by atoms with Crippen molar-refractivity contribution in [3.05, 3.63) is 76.4 Å². The zero-order chi connectivity index (χ0) is 17.1. The number of allylic oxidation sites excluding steroid dienone is 2. The predicted octanol–water partition coefficient (Wildman–Crippen LogP) is 5.60. The Balaban J connectivity index is 1.93. The molecule has 3 rings (SSSR count). The first-order valence-corrected chi connectivity index (χ1v) is 8.61. The smallest absolute Gasteiger partial charge is 0.343 e. The topological polar surface area (TPSA) is 26.3 Å². The van der Waals surface area contributed by atoms with Crippen molar-refractivity contribution in [3.63, 3.8) is 0 Å². The summed E-state index contributed by atoms with van der Waals surface area (Å²) in [6.07, 6.45) is 5.56. The van der Waals surface area contributed by atoms with E-state index in [-0.39, 0.29) is 5.97 Å². The maximum absolute atomic E-state index is 12.4. The zero-order valence-electron chi connectivity index (χ0n) is 14.6. The third kappa shape index (κ3) is 3.59. The highest BCUT2D eigenvalue weighted by molar-refractivity contribution is 5.91. The van der Waals surface area contributed by atoms with Gasteiger partial charge in [-0.25, -0.2) is 4.79 Å². The SMILES string of the molecule is CC1=CCCC(C)c2cc(OC(=O)c3ccccc3)c(C)cc2C1. The number of hydrogen-bond donors (Lipinski definition) is 0. The van der Waals surface area contributed by atoms with Crippen LogP contribution < -0.4 is 4.74 Å². The number of carbonyl (C=O) groups is 1. The van der Waals surface area contributed by atoms with Crippen LogP contribution in [0.15, 0.2) is 54.1 Å². The Bertz CT molecular complexity index is 772. The van der Waals surface area contributed by atoms with Crippen LogP contribution in [-0.2, 0) is 6.42 Å². The van der Waals surface area contributed by atoms with E-state index in [1.807, 2.05) is 25.1 Å². The number of benzene rings is 2. The minimum atomic E-state index is -0.298. The van der Waals surface area contributed by atoms with Gasteiger partial charge in [-0.2, -0.15) is 0 Å². The molecule has 1 unspecified atom stereocenters. The first kappa shape index (κ1) is 16.5. The highest BCUT2D eigenvalue weighted by Crippen LogP contribution is 2.34. The molecule has 0 aliphatic heterocycles. The van der Waals surface area contributed by atoms with Crippen molar-refractivity contribution in [3.8, 4) is 5.75 Å². The van der Waals surface area contributed by atoms with Crippen LogP contribution in [0, 0.1) is 6.92 Å². The molecule has 0 spiro atoms. The van der Waals surface area contributed by atoms with Gasteiger partial charge in [-0.1, -0.05) is 42.8 Å². The predicted molar refractivity (Wildman–Crippen MR) is 97.7 cm³/mol. The van der Waals surface area contributed by atoms with Gasteiger partial charge in [-0.3, -0.25) is 0 Å². The quantitative estimate of drug-likeness (QED) is 0.409. The summed E-state index contributed by atoms with van der Waals surface area (Å²) < 4.78 is 5.69. The summed E-state index contributed by atoms with van der Waals surface area (Å²) >= 11 is 0. The third-order valence-corrected chi connectivity index (χ3v) is 4.74. The third-order valence-electron chi connectivity index (χ3n) is 4.74. The summed E-state index contributed by atoms with van der Waals surface area (Å²) in [6, 6.07) is 13.4. The zero-order valence-corrected chi connectivity index (χ0v) is 14.6. The summed E-state index contributed by atoms with van der Waals surface area (Å²) in [5.74, 6) is 0.851. The second-order valence-electron chi connectivity index (χ2n) is 6.78. The first-order valence-electron chi connectivity index (χ1n) is 8.61. The van der Waals surface area contributed by atoms with E-state index in [9.17, 15) is 4.79 Å². The van der Waals surface area contributed by atoms with Gasteiger partial charge in [0.1, 0.15) is 5.75 Å². The standard InChI is InChI=1S/C22H24O2/c1-15-8-7-9-16(2)20-14-21(17(3)13-19(20)12-15)24-22(23)18-10-5-4-6-11-18/h4-6,8,10-11,13-14,16H,7,9,12H2,1-3H3. The molecule has 1 aliphatic rings. The molecule has 0 radical (unpaired) electrons. The molecule has 0 heterocycles. The monoisotopic (exact) mass is 320 g/mol. The first-order chi connectivity index (χ1) is 11.5. The average Bonchev–Trinajstić information content (AvgIpc) is 2.56. The molecule has 124 valence electrons.